The molecular formula is C25H25Cl2F2N7S. The molecule has 0 aliphatic carbocycles. The van der Waals surface area contributed by atoms with Gasteiger partial charge in [-0.25, -0.2) is 13.8 Å². The zero-order valence-electron chi connectivity index (χ0n) is 20.3. The fourth-order valence-electron chi connectivity index (χ4n) is 4.57. The van der Waals surface area contributed by atoms with E-state index in [2.05, 4.69) is 25.5 Å². The highest BCUT2D eigenvalue weighted by atomic mass is 35.5. The van der Waals surface area contributed by atoms with Crippen molar-refractivity contribution < 1.29 is 8.78 Å². The Kier molecular flexibility index (Phi) is 7.42. The Labute approximate surface area is 227 Å². The molecule has 1 aliphatic heterocycles. The maximum Gasteiger partial charge on any atom is 0.265 e. The summed E-state index contributed by atoms with van der Waals surface area (Å²) in [6.07, 6.45) is 3.76. The van der Waals surface area contributed by atoms with Crippen molar-refractivity contribution in [2.24, 2.45) is 5.92 Å². The largest absolute Gasteiger partial charge is 0.338 e. The molecule has 37 heavy (non-hydrogen) atoms. The molecule has 2 aromatic heterocycles. The van der Waals surface area contributed by atoms with Gasteiger partial charge in [-0.1, -0.05) is 60.0 Å². The average molecular weight is 564 g/mol. The van der Waals surface area contributed by atoms with E-state index in [0.717, 1.165) is 54.2 Å². The molecule has 2 aromatic carbocycles. The number of aromatic amines is 1. The van der Waals surface area contributed by atoms with Gasteiger partial charge in [0.25, 0.3) is 5.95 Å². The fraction of sp³-hybridized carbons (Fsp3) is 0.360. The Morgan fingerprint density at radius 3 is 2.51 bits per heavy atom. The van der Waals surface area contributed by atoms with Gasteiger partial charge in [-0.3, -0.25) is 4.57 Å². The van der Waals surface area contributed by atoms with Crippen LogP contribution in [0.15, 0.2) is 47.8 Å². The second kappa shape index (κ2) is 10.6. The Hall–Kier alpha value is -2.69. The van der Waals surface area contributed by atoms with Gasteiger partial charge in [0.15, 0.2) is 16.8 Å². The quantitative estimate of drug-likeness (QED) is 0.266. The van der Waals surface area contributed by atoms with Crippen LogP contribution in [0.3, 0.4) is 0 Å². The van der Waals surface area contributed by atoms with E-state index in [9.17, 15) is 8.78 Å². The molecular weight excluding hydrogens is 539 g/mol. The molecule has 0 saturated carbocycles. The zero-order chi connectivity index (χ0) is 26.2. The molecule has 0 unspecified atom stereocenters. The monoisotopic (exact) mass is 563 g/mol. The number of nitrogens with zero attached hydrogens (tertiary/aromatic N) is 6. The van der Waals surface area contributed by atoms with Gasteiger partial charge in [-0.15, -0.1) is 5.10 Å². The highest BCUT2D eigenvalue weighted by molar-refractivity contribution is 7.99. The number of halogens is 4. The van der Waals surface area contributed by atoms with Crippen LogP contribution in [0, 0.1) is 17.6 Å². The van der Waals surface area contributed by atoms with Gasteiger partial charge >= 0.3 is 0 Å². The van der Waals surface area contributed by atoms with Crippen molar-refractivity contribution in [3.05, 3.63) is 75.5 Å². The number of hydrogen-bond acceptors (Lipinski definition) is 6. The van der Waals surface area contributed by atoms with E-state index < -0.39 is 17.0 Å². The highest BCUT2D eigenvalue weighted by Gasteiger charge is 2.31. The number of thioether (sulfide) groups is 1. The summed E-state index contributed by atoms with van der Waals surface area (Å²) >= 11 is 14.1. The highest BCUT2D eigenvalue weighted by Crippen LogP contribution is 2.39. The molecule has 4 aromatic rings. The Morgan fingerprint density at radius 2 is 1.84 bits per heavy atom. The van der Waals surface area contributed by atoms with Crippen LogP contribution < -0.4 is 4.90 Å². The molecule has 0 radical (unpaired) electrons. The lowest BCUT2D eigenvalue weighted by Crippen LogP contribution is -2.35. The first-order valence-electron chi connectivity index (χ1n) is 11.8. The Balaban J connectivity index is 1.42. The van der Waals surface area contributed by atoms with Gasteiger partial charge in [-0.05, 0) is 53.8 Å². The maximum atomic E-state index is 14.3. The molecule has 7 nitrogen and oxygen atoms in total. The number of tetrazole rings is 1. The molecule has 1 aliphatic rings. The van der Waals surface area contributed by atoms with Crippen molar-refractivity contribution in [3.63, 3.8) is 0 Å². The van der Waals surface area contributed by atoms with Crippen molar-refractivity contribution >= 4 is 40.9 Å². The summed E-state index contributed by atoms with van der Waals surface area (Å²) in [7, 11) is 0. The van der Waals surface area contributed by atoms with Gasteiger partial charge in [-0.2, -0.15) is 5.21 Å². The summed E-state index contributed by atoms with van der Waals surface area (Å²) in [6.45, 7) is 5.78. The van der Waals surface area contributed by atoms with Gasteiger partial charge < -0.3 is 4.90 Å². The van der Waals surface area contributed by atoms with Crippen molar-refractivity contribution in [2.45, 2.75) is 37.3 Å². The zero-order valence-corrected chi connectivity index (χ0v) is 22.6. The molecule has 194 valence electrons. The van der Waals surface area contributed by atoms with E-state index in [1.807, 2.05) is 30.5 Å². The van der Waals surface area contributed by atoms with Crippen molar-refractivity contribution in [3.8, 4) is 5.69 Å². The van der Waals surface area contributed by atoms with E-state index in [1.165, 1.54) is 6.07 Å². The molecule has 0 bridgehead atoms. The maximum absolute atomic E-state index is 14.3. The summed E-state index contributed by atoms with van der Waals surface area (Å²) in [5.41, 5.74) is 1.71. The van der Waals surface area contributed by atoms with E-state index >= 15 is 0 Å². The predicted octanol–water partition coefficient (Wildman–Crippen LogP) is 6.31. The molecule has 0 spiro atoms. The lowest BCUT2D eigenvalue weighted by atomic mass is 9.81. The van der Waals surface area contributed by atoms with Crippen LogP contribution in [-0.4, -0.2) is 49.0 Å². The SMILES string of the molecule is CC(C)(c1ccc(Cl)c(Cl)c1)c1cnc(SCC2CCN(c3nn[nH]n3)CC2)n1-c1ccc(F)c(F)c1. The number of nitrogens with one attached hydrogen (secondary N) is 1. The second-order valence-electron chi connectivity index (χ2n) is 9.57. The molecule has 3 heterocycles. The summed E-state index contributed by atoms with van der Waals surface area (Å²) in [6, 6.07) is 9.43. The number of hydrogen-bond donors (Lipinski definition) is 1. The molecule has 1 saturated heterocycles. The normalized spacial score (nSPS) is 14.9. The van der Waals surface area contributed by atoms with E-state index in [4.69, 9.17) is 28.2 Å². The summed E-state index contributed by atoms with van der Waals surface area (Å²) in [5, 5.41) is 15.9. The summed E-state index contributed by atoms with van der Waals surface area (Å²) in [5.74, 6) is 0.128. The van der Waals surface area contributed by atoms with Gasteiger partial charge in [0, 0.05) is 30.3 Å². The third-order valence-electron chi connectivity index (χ3n) is 6.85. The summed E-state index contributed by atoms with van der Waals surface area (Å²) < 4.78 is 30.0. The van der Waals surface area contributed by atoms with Crippen LogP contribution in [0.25, 0.3) is 5.69 Å². The second-order valence-corrected chi connectivity index (χ2v) is 11.4. The molecule has 1 fully saturated rings. The lowest BCUT2D eigenvalue weighted by molar-refractivity contribution is 0.440. The Bertz CT molecular complexity index is 1390. The smallest absolute Gasteiger partial charge is 0.265 e. The molecule has 0 atom stereocenters. The van der Waals surface area contributed by atoms with Crippen LogP contribution in [0.5, 0.6) is 0 Å². The number of rotatable bonds is 7. The molecule has 1 N–H and O–H groups in total. The van der Waals surface area contributed by atoms with Crippen LogP contribution >= 0.6 is 35.0 Å². The van der Waals surface area contributed by atoms with Crippen LogP contribution in [-0.2, 0) is 5.41 Å². The van der Waals surface area contributed by atoms with Crippen LogP contribution in [0.2, 0.25) is 10.0 Å². The number of benzene rings is 2. The Morgan fingerprint density at radius 1 is 1.05 bits per heavy atom. The number of H-pyrrole nitrogens is 1. The first-order valence-corrected chi connectivity index (χ1v) is 13.6. The number of piperidine rings is 1. The van der Waals surface area contributed by atoms with Gasteiger partial charge in [0.05, 0.1) is 27.6 Å². The van der Waals surface area contributed by atoms with Crippen LogP contribution in [0.1, 0.15) is 37.9 Å². The van der Waals surface area contributed by atoms with E-state index in [0.29, 0.717) is 27.6 Å². The average Bonchev–Trinajstić information content (AvgIpc) is 3.57. The predicted molar refractivity (Wildman–Crippen MR) is 142 cm³/mol. The minimum Gasteiger partial charge on any atom is -0.338 e. The number of anilines is 1. The molecule has 5 rings (SSSR count). The van der Waals surface area contributed by atoms with Gasteiger partial charge in [0.1, 0.15) is 0 Å². The molecule has 0 amide bonds. The topological polar surface area (TPSA) is 75.5 Å². The minimum atomic E-state index is -0.908. The van der Waals surface area contributed by atoms with E-state index in [1.54, 1.807) is 30.1 Å². The lowest BCUT2D eigenvalue weighted by Gasteiger charge is -2.30. The molecule has 12 heteroatoms. The van der Waals surface area contributed by atoms with Crippen molar-refractivity contribution in [1.29, 1.82) is 0 Å². The van der Waals surface area contributed by atoms with E-state index in [-0.39, 0.29) is 0 Å². The number of imidazole rings is 1. The standard InChI is InChI=1S/C25H25Cl2F2N7S/c1-25(2,16-3-5-18(26)19(27)11-16)22-13-30-24(36(22)17-4-6-20(28)21(29)12-17)37-14-15-7-9-35(10-8-15)23-31-33-34-32-23/h3-6,11-13,15H,7-10,14H2,1-2H3,(H,31,32,33,34). The van der Waals surface area contributed by atoms with Crippen molar-refractivity contribution in [1.82, 2.24) is 30.2 Å². The fourth-order valence-corrected chi connectivity index (χ4v) is 6.04. The van der Waals surface area contributed by atoms with Crippen molar-refractivity contribution in [2.75, 3.05) is 23.7 Å². The first kappa shape index (κ1) is 25.9. The summed E-state index contributed by atoms with van der Waals surface area (Å²) in [4.78, 5) is 6.84. The third kappa shape index (κ3) is 5.32. The minimum absolute atomic E-state index is 0.452. The number of aromatic nitrogens is 6. The van der Waals surface area contributed by atoms with Gasteiger partial charge in [0.2, 0.25) is 0 Å². The first-order chi connectivity index (χ1) is 17.7. The third-order valence-corrected chi connectivity index (χ3v) is 8.78. The van der Waals surface area contributed by atoms with Crippen LogP contribution in [0.4, 0.5) is 14.7 Å².